The van der Waals surface area contributed by atoms with E-state index in [-0.39, 0.29) is 11.7 Å². The number of benzene rings is 2. The minimum Gasteiger partial charge on any atom is -0.325 e. The smallest absolute Gasteiger partial charge is 0.234 e. The third-order valence-electron chi connectivity index (χ3n) is 4.35. The number of thioether (sulfide) groups is 2. The van der Waals surface area contributed by atoms with Gasteiger partial charge in [-0.3, -0.25) is 4.79 Å². The molecule has 0 radical (unpaired) electrons. The van der Waals surface area contributed by atoms with Gasteiger partial charge in [0.2, 0.25) is 5.91 Å². The number of halogens is 1. The van der Waals surface area contributed by atoms with Gasteiger partial charge < -0.3 is 9.88 Å². The number of hydrogen-bond acceptors (Lipinski definition) is 5. The highest BCUT2D eigenvalue weighted by Gasteiger charge is 2.12. The fourth-order valence-electron chi connectivity index (χ4n) is 2.59. The van der Waals surface area contributed by atoms with Crippen molar-refractivity contribution >= 4 is 46.7 Å². The molecule has 0 saturated heterocycles. The fourth-order valence-corrected chi connectivity index (χ4v) is 4.45. The number of hydrogen-bond donors (Lipinski definition) is 1. The number of anilines is 1. The van der Waals surface area contributed by atoms with Crippen molar-refractivity contribution < 1.29 is 4.79 Å². The molecule has 1 aromatic heterocycles. The molecule has 0 spiro atoms. The highest BCUT2D eigenvalue weighted by molar-refractivity contribution is 7.99. The molecule has 29 heavy (non-hydrogen) atoms. The van der Waals surface area contributed by atoms with Crippen LogP contribution in [0, 0.1) is 13.8 Å². The van der Waals surface area contributed by atoms with Crippen molar-refractivity contribution in [1.29, 1.82) is 0 Å². The maximum absolute atomic E-state index is 12.3. The zero-order valence-electron chi connectivity index (χ0n) is 16.6. The highest BCUT2D eigenvalue weighted by atomic mass is 35.5. The molecule has 0 aliphatic rings. The maximum atomic E-state index is 12.3. The first-order valence-corrected chi connectivity index (χ1v) is 11.6. The molecule has 3 aromatic rings. The Balaban J connectivity index is 1.49. The molecule has 0 bridgehead atoms. The predicted octanol–water partition coefficient (Wildman–Crippen LogP) is 5.25. The Bertz CT molecular complexity index is 989. The van der Waals surface area contributed by atoms with Crippen molar-refractivity contribution in [2.45, 2.75) is 30.5 Å². The van der Waals surface area contributed by atoms with E-state index in [9.17, 15) is 4.79 Å². The van der Waals surface area contributed by atoms with E-state index in [0.717, 1.165) is 33.7 Å². The molecular formula is C21H23ClN4OS2. The van der Waals surface area contributed by atoms with Crippen molar-refractivity contribution in [1.82, 2.24) is 14.8 Å². The molecule has 0 aliphatic heterocycles. The molecule has 3 rings (SSSR count). The lowest BCUT2D eigenvalue weighted by atomic mass is 10.2. The van der Waals surface area contributed by atoms with Gasteiger partial charge in [-0.2, -0.15) is 0 Å². The van der Waals surface area contributed by atoms with E-state index in [1.165, 1.54) is 22.9 Å². The third kappa shape index (κ3) is 6.26. The Hall–Kier alpha value is -1.96. The summed E-state index contributed by atoms with van der Waals surface area (Å²) in [6.07, 6.45) is 0. The molecule has 2 aromatic carbocycles. The van der Waals surface area contributed by atoms with Gasteiger partial charge in [0.25, 0.3) is 0 Å². The monoisotopic (exact) mass is 446 g/mol. The van der Waals surface area contributed by atoms with Gasteiger partial charge >= 0.3 is 0 Å². The Morgan fingerprint density at radius 1 is 1.10 bits per heavy atom. The van der Waals surface area contributed by atoms with Gasteiger partial charge in [-0.1, -0.05) is 59.3 Å². The van der Waals surface area contributed by atoms with Crippen molar-refractivity contribution in [3.8, 4) is 0 Å². The van der Waals surface area contributed by atoms with Gasteiger partial charge in [-0.05, 0) is 37.1 Å². The Kier molecular flexibility index (Phi) is 7.64. The molecule has 0 fully saturated rings. The van der Waals surface area contributed by atoms with E-state index >= 15 is 0 Å². The topological polar surface area (TPSA) is 59.8 Å². The first-order chi connectivity index (χ1) is 13.9. The summed E-state index contributed by atoms with van der Waals surface area (Å²) < 4.78 is 1.95. The summed E-state index contributed by atoms with van der Waals surface area (Å²) in [5.41, 5.74) is 4.27. The standard InChI is InChI=1S/C21H23ClN4OS2/c1-14-4-7-16(8-5-14)11-28-12-19-24-25-21(26(19)3)29-13-20(27)23-18-10-17(22)9-6-15(18)2/h4-10H,11-13H2,1-3H3,(H,23,27). The summed E-state index contributed by atoms with van der Waals surface area (Å²) in [6.45, 7) is 4.02. The fraction of sp³-hybridized carbons (Fsp3) is 0.286. The minimum absolute atomic E-state index is 0.0985. The zero-order valence-corrected chi connectivity index (χ0v) is 19.0. The molecular weight excluding hydrogens is 424 g/mol. The van der Waals surface area contributed by atoms with Crippen molar-refractivity contribution in [2.24, 2.45) is 7.05 Å². The average Bonchev–Trinajstić information content (AvgIpc) is 3.04. The van der Waals surface area contributed by atoms with Gasteiger partial charge in [0.1, 0.15) is 5.82 Å². The molecule has 8 heteroatoms. The molecule has 0 saturated carbocycles. The van der Waals surface area contributed by atoms with Crippen LogP contribution in [-0.4, -0.2) is 26.4 Å². The Morgan fingerprint density at radius 3 is 2.62 bits per heavy atom. The summed E-state index contributed by atoms with van der Waals surface area (Å²) >= 11 is 9.17. The second kappa shape index (κ2) is 10.2. The number of aromatic nitrogens is 3. The van der Waals surface area contributed by atoms with Crippen LogP contribution in [0.1, 0.15) is 22.5 Å². The van der Waals surface area contributed by atoms with E-state index in [4.69, 9.17) is 11.6 Å². The minimum atomic E-state index is -0.0985. The van der Waals surface area contributed by atoms with E-state index in [2.05, 4.69) is 46.7 Å². The third-order valence-corrected chi connectivity index (χ3v) is 6.61. The van der Waals surface area contributed by atoms with Gasteiger partial charge in [0.05, 0.1) is 11.5 Å². The molecule has 0 aliphatic carbocycles. The summed E-state index contributed by atoms with van der Waals surface area (Å²) in [4.78, 5) is 12.3. The van der Waals surface area contributed by atoms with Crippen LogP contribution in [0.15, 0.2) is 47.6 Å². The van der Waals surface area contributed by atoms with Gasteiger partial charge in [-0.25, -0.2) is 0 Å². The van der Waals surface area contributed by atoms with E-state index < -0.39 is 0 Å². The van der Waals surface area contributed by atoms with Crippen LogP contribution in [0.5, 0.6) is 0 Å². The number of carbonyl (C=O) groups is 1. The zero-order chi connectivity index (χ0) is 20.8. The van der Waals surface area contributed by atoms with Crippen LogP contribution >= 0.6 is 35.1 Å². The number of nitrogens with one attached hydrogen (secondary N) is 1. The van der Waals surface area contributed by atoms with E-state index in [1.807, 2.05) is 24.6 Å². The Labute approximate surface area is 184 Å². The highest BCUT2D eigenvalue weighted by Crippen LogP contribution is 2.23. The molecule has 0 unspecified atom stereocenters. The van der Waals surface area contributed by atoms with Crippen molar-refractivity contribution in [2.75, 3.05) is 11.1 Å². The van der Waals surface area contributed by atoms with Crippen LogP contribution in [0.3, 0.4) is 0 Å². The first-order valence-electron chi connectivity index (χ1n) is 9.12. The van der Waals surface area contributed by atoms with Crippen molar-refractivity contribution in [3.05, 3.63) is 70.0 Å². The molecule has 1 amide bonds. The predicted molar refractivity (Wildman–Crippen MR) is 123 cm³/mol. The van der Waals surface area contributed by atoms with E-state index in [1.54, 1.807) is 23.9 Å². The second-order valence-corrected chi connectivity index (χ2v) is 9.10. The molecule has 5 nitrogen and oxygen atoms in total. The summed E-state index contributed by atoms with van der Waals surface area (Å²) in [7, 11) is 1.93. The normalized spacial score (nSPS) is 10.9. The number of amides is 1. The summed E-state index contributed by atoms with van der Waals surface area (Å²) in [6, 6.07) is 14.0. The van der Waals surface area contributed by atoms with Gasteiger partial charge in [0, 0.05) is 23.5 Å². The summed E-state index contributed by atoms with van der Waals surface area (Å²) in [5, 5.41) is 12.7. The second-order valence-electron chi connectivity index (χ2n) is 6.73. The quantitative estimate of drug-likeness (QED) is 0.479. The lowest BCUT2D eigenvalue weighted by Gasteiger charge is -2.08. The molecule has 0 atom stereocenters. The van der Waals surface area contributed by atoms with E-state index in [0.29, 0.717) is 5.02 Å². The van der Waals surface area contributed by atoms with Crippen LogP contribution < -0.4 is 5.32 Å². The van der Waals surface area contributed by atoms with Crippen LogP contribution in [0.4, 0.5) is 5.69 Å². The Morgan fingerprint density at radius 2 is 1.86 bits per heavy atom. The van der Waals surface area contributed by atoms with Gasteiger partial charge in [0.15, 0.2) is 5.16 Å². The number of nitrogens with zero attached hydrogens (tertiary/aromatic N) is 3. The van der Waals surface area contributed by atoms with Crippen LogP contribution in [0.25, 0.3) is 0 Å². The molecule has 1 heterocycles. The average molecular weight is 447 g/mol. The summed E-state index contributed by atoms with van der Waals surface area (Å²) in [5.74, 6) is 2.76. The molecule has 152 valence electrons. The van der Waals surface area contributed by atoms with Crippen molar-refractivity contribution in [3.63, 3.8) is 0 Å². The maximum Gasteiger partial charge on any atom is 0.234 e. The van der Waals surface area contributed by atoms with Gasteiger partial charge in [-0.15, -0.1) is 22.0 Å². The SMILES string of the molecule is Cc1ccc(CSCc2nnc(SCC(=O)Nc3cc(Cl)ccc3C)n2C)cc1. The first kappa shape index (κ1) is 21.7. The lowest BCUT2D eigenvalue weighted by molar-refractivity contribution is -0.113. The number of rotatable bonds is 8. The number of carbonyl (C=O) groups excluding carboxylic acids is 1. The van der Waals surface area contributed by atoms with Crippen LogP contribution in [-0.2, 0) is 23.3 Å². The lowest BCUT2D eigenvalue weighted by Crippen LogP contribution is -2.15. The molecule has 1 N–H and O–H groups in total. The van der Waals surface area contributed by atoms with Crippen LogP contribution in [0.2, 0.25) is 5.02 Å². The number of aryl methyl sites for hydroxylation is 2. The largest absolute Gasteiger partial charge is 0.325 e.